The highest BCUT2D eigenvalue weighted by molar-refractivity contribution is 5.55. The predicted molar refractivity (Wildman–Crippen MR) is 69.8 cm³/mol. The summed E-state index contributed by atoms with van der Waals surface area (Å²) < 4.78 is 2.04. The number of fused-ring (bicyclic) bond motifs is 1. The van der Waals surface area contributed by atoms with Crippen LogP contribution in [0.1, 0.15) is 23.2 Å². The molecule has 2 heterocycles. The van der Waals surface area contributed by atoms with E-state index in [1.807, 2.05) is 4.68 Å². The normalized spacial score (nSPS) is 14.2. The number of hydrogen-bond acceptors (Lipinski definition) is 2. The van der Waals surface area contributed by atoms with E-state index in [-0.39, 0.29) is 0 Å². The number of aromatic nitrogens is 2. The lowest BCUT2D eigenvalue weighted by atomic mass is 10.1. The minimum Gasteiger partial charge on any atom is -0.370 e. The first-order chi connectivity index (χ1) is 8.25. The number of hydrogen-bond donors (Lipinski definition) is 1. The van der Waals surface area contributed by atoms with E-state index >= 15 is 0 Å². The summed E-state index contributed by atoms with van der Waals surface area (Å²) in [5.41, 5.74) is 4.93. The summed E-state index contributed by atoms with van der Waals surface area (Å²) in [5.74, 6) is 1.18. The van der Waals surface area contributed by atoms with E-state index < -0.39 is 0 Å². The monoisotopic (exact) mass is 227 g/mol. The maximum Gasteiger partial charge on any atom is 0.133 e. The first-order valence-corrected chi connectivity index (χ1v) is 6.15. The molecule has 0 fully saturated rings. The van der Waals surface area contributed by atoms with E-state index in [0.29, 0.717) is 0 Å². The molecule has 1 N–H and O–H groups in total. The van der Waals surface area contributed by atoms with Crippen LogP contribution in [0.2, 0.25) is 0 Å². The minimum absolute atomic E-state index is 1.05. The lowest BCUT2D eigenvalue weighted by Crippen LogP contribution is -2.14. The standard InChI is InChI=1S/C14H17N3/c1-10-5-3-6-12(9-10)17-14-13(11(2)16-17)7-4-8-15-14/h3,5-6,9,15H,4,7-8H2,1-2H3. The van der Waals surface area contributed by atoms with E-state index in [0.717, 1.165) is 24.3 Å². The van der Waals surface area contributed by atoms with Crippen molar-refractivity contribution in [1.82, 2.24) is 9.78 Å². The highest BCUT2D eigenvalue weighted by atomic mass is 15.3. The Bertz CT molecular complexity index is 555. The van der Waals surface area contributed by atoms with Gasteiger partial charge in [0.1, 0.15) is 5.82 Å². The molecule has 88 valence electrons. The van der Waals surface area contributed by atoms with Crippen molar-refractivity contribution in [3.8, 4) is 5.69 Å². The Morgan fingerprint density at radius 2 is 2.18 bits per heavy atom. The van der Waals surface area contributed by atoms with Crippen molar-refractivity contribution in [2.75, 3.05) is 11.9 Å². The molecule has 0 spiro atoms. The molecule has 0 saturated carbocycles. The molecule has 0 radical (unpaired) electrons. The van der Waals surface area contributed by atoms with Gasteiger partial charge in [-0.25, -0.2) is 4.68 Å². The molecule has 3 rings (SSSR count). The van der Waals surface area contributed by atoms with Crippen LogP contribution in [-0.2, 0) is 6.42 Å². The lowest BCUT2D eigenvalue weighted by Gasteiger charge is -2.16. The van der Waals surface area contributed by atoms with Crippen LogP contribution in [0, 0.1) is 13.8 Å². The van der Waals surface area contributed by atoms with Crippen molar-refractivity contribution in [3.63, 3.8) is 0 Å². The average molecular weight is 227 g/mol. The fraction of sp³-hybridized carbons (Fsp3) is 0.357. The average Bonchev–Trinajstić information content (AvgIpc) is 2.68. The van der Waals surface area contributed by atoms with Gasteiger partial charge in [0.05, 0.1) is 11.4 Å². The Kier molecular flexibility index (Phi) is 2.39. The molecule has 2 aromatic rings. The van der Waals surface area contributed by atoms with Gasteiger partial charge in [0.2, 0.25) is 0 Å². The first-order valence-electron chi connectivity index (χ1n) is 6.15. The summed E-state index contributed by atoms with van der Waals surface area (Å²) in [5, 5.41) is 8.13. The molecule has 3 heteroatoms. The number of aryl methyl sites for hydroxylation is 2. The topological polar surface area (TPSA) is 29.9 Å². The van der Waals surface area contributed by atoms with Crippen LogP contribution in [0.5, 0.6) is 0 Å². The number of nitrogens with zero attached hydrogens (tertiary/aromatic N) is 2. The maximum atomic E-state index is 4.66. The first kappa shape index (κ1) is 10.4. The zero-order valence-electron chi connectivity index (χ0n) is 10.3. The van der Waals surface area contributed by atoms with E-state index in [1.165, 1.54) is 23.4 Å². The SMILES string of the molecule is Cc1cccc(-n2nc(C)c3c2NCCC3)c1. The van der Waals surface area contributed by atoms with Crippen LogP contribution in [-0.4, -0.2) is 16.3 Å². The smallest absolute Gasteiger partial charge is 0.133 e. The third kappa shape index (κ3) is 1.71. The highest BCUT2D eigenvalue weighted by Gasteiger charge is 2.18. The summed E-state index contributed by atoms with van der Waals surface area (Å²) in [6.07, 6.45) is 2.34. The second-order valence-corrected chi connectivity index (χ2v) is 4.69. The summed E-state index contributed by atoms with van der Waals surface area (Å²) in [7, 11) is 0. The van der Waals surface area contributed by atoms with Crippen LogP contribution < -0.4 is 5.32 Å². The number of rotatable bonds is 1. The summed E-state index contributed by atoms with van der Waals surface area (Å²) in [6.45, 7) is 5.25. The van der Waals surface area contributed by atoms with Gasteiger partial charge >= 0.3 is 0 Å². The molecule has 1 aliphatic heterocycles. The Morgan fingerprint density at radius 1 is 1.29 bits per heavy atom. The van der Waals surface area contributed by atoms with Crippen LogP contribution in [0.3, 0.4) is 0 Å². The number of nitrogens with one attached hydrogen (secondary N) is 1. The molecule has 0 unspecified atom stereocenters. The maximum absolute atomic E-state index is 4.66. The van der Waals surface area contributed by atoms with Crippen molar-refractivity contribution in [1.29, 1.82) is 0 Å². The van der Waals surface area contributed by atoms with Crippen LogP contribution in [0.25, 0.3) is 5.69 Å². The highest BCUT2D eigenvalue weighted by Crippen LogP contribution is 2.27. The molecule has 17 heavy (non-hydrogen) atoms. The molecule has 0 saturated heterocycles. The summed E-state index contributed by atoms with van der Waals surface area (Å²) >= 11 is 0. The third-order valence-electron chi connectivity index (χ3n) is 3.33. The number of anilines is 1. The van der Waals surface area contributed by atoms with Gasteiger partial charge in [-0.2, -0.15) is 5.10 Å². The molecular weight excluding hydrogens is 210 g/mol. The van der Waals surface area contributed by atoms with E-state index in [2.05, 4.69) is 48.5 Å². The van der Waals surface area contributed by atoms with Crippen LogP contribution in [0.4, 0.5) is 5.82 Å². The number of benzene rings is 1. The van der Waals surface area contributed by atoms with Crippen LogP contribution in [0.15, 0.2) is 24.3 Å². The summed E-state index contributed by atoms with van der Waals surface area (Å²) in [4.78, 5) is 0. The zero-order chi connectivity index (χ0) is 11.8. The van der Waals surface area contributed by atoms with Gasteiger partial charge in [-0.1, -0.05) is 12.1 Å². The van der Waals surface area contributed by atoms with Gasteiger partial charge in [0, 0.05) is 12.1 Å². The predicted octanol–water partition coefficient (Wildman–Crippen LogP) is 2.85. The second-order valence-electron chi connectivity index (χ2n) is 4.69. The quantitative estimate of drug-likeness (QED) is 0.812. The van der Waals surface area contributed by atoms with Gasteiger partial charge in [0.15, 0.2) is 0 Å². The van der Waals surface area contributed by atoms with Crippen molar-refractivity contribution in [2.45, 2.75) is 26.7 Å². The molecule has 1 aromatic heterocycles. The van der Waals surface area contributed by atoms with Gasteiger partial charge in [-0.15, -0.1) is 0 Å². The van der Waals surface area contributed by atoms with Crippen molar-refractivity contribution in [3.05, 3.63) is 41.1 Å². The molecule has 1 aliphatic rings. The Labute approximate surface area is 101 Å². The van der Waals surface area contributed by atoms with Gasteiger partial charge in [-0.05, 0) is 44.4 Å². The van der Waals surface area contributed by atoms with Gasteiger partial charge < -0.3 is 5.32 Å². The molecule has 1 aromatic carbocycles. The van der Waals surface area contributed by atoms with Gasteiger partial charge in [0.25, 0.3) is 0 Å². The molecule has 0 bridgehead atoms. The Balaban J connectivity index is 2.15. The van der Waals surface area contributed by atoms with Gasteiger partial charge in [-0.3, -0.25) is 0 Å². The van der Waals surface area contributed by atoms with Crippen molar-refractivity contribution in [2.24, 2.45) is 0 Å². The summed E-state index contributed by atoms with van der Waals surface area (Å²) in [6, 6.07) is 8.47. The van der Waals surface area contributed by atoms with Crippen molar-refractivity contribution < 1.29 is 0 Å². The molecule has 0 atom stereocenters. The fourth-order valence-corrected chi connectivity index (χ4v) is 2.46. The molecule has 3 nitrogen and oxygen atoms in total. The van der Waals surface area contributed by atoms with E-state index in [9.17, 15) is 0 Å². The molecular formula is C14H17N3. The largest absolute Gasteiger partial charge is 0.370 e. The fourth-order valence-electron chi connectivity index (χ4n) is 2.46. The second kappa shape index (κ2) is 3.91. The van der Waals surface area contributed by atoms with E-state index in [4.69, 9.17) is 0 Å². The molecule has 0 aliphatic carbocycles. The van der Waals surface area contributed by atoms with E-state index in [1.54, 1.807) is 0 Å². The van der Waals surface area contributed by atoms with Crippen molar-refractivity contribution >= 4 is 5.82 Å². The third-order valence-corrected chi connectivity index (χ3v) is 3.33. The molecule has 0 amide bonds. The lowest BCUT2D eigenvalue weighted by molar-refractivity contribution is 0.805. The Morgan fingerprint density at radius 3 is 3.00 bits per heavy atom. The Hall–Kier alpha value is -1.77. The van der Waals surface area contributed by atoms with Crippen LogP contribution >= 0.6 is 0 Å². The minimum atomic E-state index is 1.05. The zero-order valence-corrected chi connectivity index (χ0v) is 10.3.